The van der Waals surface area contributed by atoms with Crippen LogP contribution >= 0.6 is 0 Å². The molecule has 9 nitrogen and oxygen atoms in total. The molecule has 0 radical (unpaired) electrons. The van der Waals surface area contributed by atoms with Gasteiger partial charge in [0.2, 0.25) is 0 Å². The highest BCUT2D eigenvalue weighted by atomic mass is 32.2. The summed E-state index contributed by atoms with van der Waals surface area (Å²) in [5.41, 5.74) is 0. The van der Waals surface area contributed by atoms with E-state index in [9.17, 15) is 8.42 Å². The van der Waals surface area contributed by atoms with E-state index in [0.717, 1.165) is 58.9 Å². The second kappa shape index (κ2) is 12.1. The van der Waals surface area contributed by atoms with E-state index in [-0.39, 0.29) is 12.4 Å². The van der Waals surface area contributed by atoms with Gasteiger partial charge in [0.25, 0.3) is 10.1 Å². The fourth-order valence-corrected chi connectivity index (χ4v) is 3.19. The van der Waals surface area contributed by atoms with E-state index in [1.807, 2.05) is 4.90 Å². The van der Waals surface area contributed by atoms with Crippen LogP contribution in [-0.2, 0) is 10.1 Å². The average molecular weight is 369 g/mol. The van der Waals surface area contributed by atoms with Gasteiger partial charge in [-0.2, -0.15) is 8.42 Å². The van der Waals surface area contributed by atoms with Crippen molar-refractivity contribution in [2.24, 2.45) is 0 Å². The number of rotatable bonds is 7. The van der Waals surface area contributed by atoms with Gasteiger partial charge in [-0.25, -0.2) is 0 Å². The maximum absolute atomic E-state index is 10.5. The lowest BCUT2D eigenvalue weighted by Crippen LogP contribution is -2.48. The van der Waals surface area contributed by atoms with E-state index in [4.69, 9.17) is 14.8 Å². The molecule has 0 aromatic heterocycles. The summed E-state index contributed by atoms with van der Waals surface area (Å²) in [5, 5.41) is 20.5. The second-order valence-electron chi connectivity index (χ2n) is 6.01. The van der Waals surface area contributed by atoms with Gasteiger partial charge in [0.05, 0.1) is 19.0 Å². The molecule has 0 bridgehead atoms. The lowest BCUT2D eigenvalue weighted by atomic mass is 10.3. The summed E-state index contributed by atoms with van der Waals surface area (Å²) in [6.45, 7) is 9.90. The van der Waals surface area contributed by atoms with Crippen LogP contribution < -0.4 is 5.32 Å². The van der Waals surface area contributed by atoms with Crippen LogP contribution in [0.3, 0.4) is 0 Å². The van der Waals surface area contributed by atoms with Gasteiger partial charge < -0.3 is 15.5 Å². The van der Waals surface area contributed by atoms with Gasteiger partial charge in [-0.15, -0.1) is 0 Å². The maximum Gasteiger partial charge on any atom is 0.266 e. The summed E-state index contributed by atoms with van der Waals surface area (Å²) in [7, 11) is -3.84. The Balaban J connectivity index is 0.000000272. The molecule has 0 aromatic rings. The Morgan fingerprint density at radius 3 is 1.58 bits per heavy atom. The van der Waals surface area contributed by atoms with Crippen molar-refractivity contribution in [1.82, 2.24) is 20.0 Å². The molecule has 10 heteroatoms. The minimum atomic E-state index is -3.84. The third kappa shape index (κ3) is 10.5. The Hall–Kier alpha value is -0.330. The van der Waals surface area contributed by atoms with Crippen LogP contribution in [0.5, 0.6) is 0 Å². The Labute approximate surface area is 145 Å². The first-order valence-corrected chi connectivity index (χ1v) is 10.1. The van der Waals surface area contributed by atoms with Gasteiger partial charge in [0, 0.05) is 72.0 Å². The summed E-state index contributed by atoms with van der Waals surface area (Å²) >= 11 is 0. The van der Waals surface area contributed by atoms with Crippen LogP contribution in [0, 0.1) is 0 Å². The third-order valence-electron chi connectivity index (χ3n) is 4.17. The van der Waals surface area contributed by atoms with Gasteiger partial charge in [0.15, 0.2) is 0 Å². The fourth-order valence-electron chi connectivity index (χ4n) is 2.70. The first-order valence-electron chi connectivity index (χ1n) is 8.49. The number of hydrogen-bond donors (Lipinski definition) is 4. The zero-order valence-corrected chi connectivity index (χ0v) is 15.1. The molecule has 2 saturated heterocycles. The molecule has 0 aliphatic carbocycles. The van der Waals surface area contributed by atoms with Crippen molar-refractivity contribution in [3.8, 4) is 0 Å². The quantitative estimate of drug-likeness (QED) is 0.358. The van der Waals surface area contributed by atoms with Gasteiger partial charge in [-0.3, -0.25) is 19.3 Å². The summed E-state index contributed by atoms with van der Waals surface area (Å²) in [6, 6.07) is 0. The van der Waals surface area contributed by atoms with Crippen molar-refractivity contribution in [3.05, 3.63) is 0 Å². The average Bonchev–Trinajstić information content (AvgIpc) is 2.56. The molecule has 144 valence electrons. The third-order valence-corrected chi connectivity index (χ3v) is 4.87. The Bertz CT molecular complexity index is 407. The molecule has 0 amide bonds. The van der Waals surface area contributed by atoms with E-state index in [1.54, 1.807) is 0 Å². The zero-order valence-electron chi connectivity index (χ0n) is 14.3. The normalized spacial score (nSPS) is 21.3. The first kappa shape index (κ1) is 21.7. The standard InChI is InChI=1S/C8H18N2O4S.C6H14N2O/c11-7-5-9-1-3-10(4-2-9)6-8-15(12,13)14;9-6-5-8-3-1-7-2-4-8/h11H,1-8H2,(H,12,13,14);7,9H,1-6H2. The molecule has 0 saturated carbocycles. The molecule has 24 heavy (non-hydrogen) atoms. The van der Waals surface area contributed by atoms with Crippen LogP contribution in [0.1, 0.15) is 0 Å². The molecule has 2 rings (SSSR count). The van der Waals surface area contributed by atoms with Gasteiger partial charge in [0.1, 0.15) is 0 Å². The number of piperazine rings is 2. The SMILES string of the molecule is O=S(=O)(O)CCN1CCN(CCO)CC1.OCCN1CCNCC1. The van der Waals surface area contributed by atoms with Crippen LogP contribution in [-0.4, -0.2) is 129 Å². The van der Waals surface area contributed by atoms with Crippen molar-refractivity contribution in [3.63, 3.8) is 0 Å². The van der Waals surface area contributed by atoms with Crippen LogP contribution in [0.4, 0.5) is 0 Å². The summed E-state index contributed by atoms with van der Waals surface area (Å²) in [4.78, 5) is 6.39. The zero-order chi connectivity index (χ0) is 17.8. The summed E-state index contributed by atoms with van der Waals surface area (Å²) in [5.74, 6) is -0.201. The first-order chi connectivity index (χ1) is 11.4. The molecule has 0 aromatic carbocycles. The largest absolute Gasteiger partial charge is 0.395 e. The van der Waals surface area contributed by atoms with Crippen molar-refractivity contribution in [2.45, 2.75) is 0 Å². The predicted molar refractivity (Wildman–Crippen MR) is 92.8 cm³/mol. The van der Waals surface area contributed by atoms with Crippen LogP contribution in [0.2, 0.25) is 0 Å². The molecule has 0 spiro atoms. The molecule has 2 fully saturated rings. The smallest absolute Gasteiger partial charge is 0.266 e. The van der Waals surface area contributed by atoms with E-state index in [0.29, 0.717) is 19.7 Å². The number of aliphatic hydroxyl groups excluding tert-OH is 2. The highest BCUT2D eigenvalue weighted by molar-refractivity contribution is 7.85. The highest BCUT2D eigenvalue weighted by Crippen LogP contribution is 2.01. The van der Waals surface area contributed by atoms with E-state index >= 15 is 0 Å². The monoisotopic (exact) mass is 368 g/mol. The predicted octanol–water partition coefficient (Wildman–Crippen LogP) is -2.63. The van der Waals surface area contributed by atoms with Crippen molar-refractivity contribution in [2.75, 3.05) is 91.0 Å². The minimum absolute atomic E-state index is 0.158. The highest BCUT2D eigenvalue weighted by Gasteiger charge is 2.17. The van der Waals surface area contributed by atoms with E-state index < -0.39 is 10.1 Å². The van der Waals surface area contributed by atoms with Crippen LogP contribution in [0.15, 0.2) is 0 Å². The van der Waals surface area contributed by atoms with Gasteiger partial charge in [-0.1, -0.05) is 0 Å². The van der Waals surface area contributed by atoms with Crippen molar-refractivity contribution < 1.29 is 23.2 Å². The Morgan fingerprint density at radius 1 is 0.750 bits per heavy atom. The lowest BCUT2D eigenvalue weighted by molar-refractivity contribution is 0.116. The number of aliphatic hydroxyl groups is 2. The lowest BCUT2D eigenvalue weighted by Gasteiger charge is -2.33. The molecule has 2 aliphatic heterocycles. The number of β-amino-alcohol motifs (C(OH)–C–C–N with tert-alkyl or cyclic N) is 2. The number of nitrogens with one attached hydrogen (secondary N) is 1. The maximum atomic E-state index is 10.5. The molecule has 2 aliphatic rings. The van der Waals surface area contributed by atoms with Gasteiger partial charge in [-0.05, 0) is 0 Å². The Kier molecular flexibility index (Phi) is 10.9. The topological polar surface area (TPSA) is 117 Å². The van der Waals surface area contributed by atoms with Gasteiger partial charge >= 0.3 is 0 Å². The van der Waals surface area contributed by atoms with Crippen LogP contribution in [0.25, 0.3) is 0 Å². The molecular weight excluding hydrogens is 336 g/mol. The molecule has 4 N–H and O–H groups in total. The molecular formula is C14H32N4O5S. The van der Waals surface area contributed by atoms with E-state index in [1.165, 1.54) is 0 Å². The van der Waals surface area contributed by atoms with Crippen molar-refractivity contribution in [1.29, 1.82) is 0 Å². The fraction of sp³-hybridized carbons (Fsp3) is 1.00. The second-order valence-corrected chi connectivity index (χ2v) is 7.58. The number of hydrogen-bond acceptors (Lipinski definition) is 8. The summed E-state index contributed by atoms with van der Waals surface area (Å²) in [6.07, 6.45) is 0. The Morgan fingerprint density at radius 2 is 1.17 bits per heavy atom. The summed E-state index contributed by atoms with van der Waals surface area (Å²) < 4.78 is 29.6. The molecule has 2 heterocycles. The number of nitrogens with zero attached hydrogens (tertiary/aromatic N) is 3. The molecule has 0 atom stereocenters. The molecule has 0 unspecified atom stereocenters. The minimum Gasteiger partial charge on any atom is -0.395 e. The van der Waals surface area contributed by atoms with Crippen molar-refractivity contribution >= 4 is 10.1 Å². The van der Waals surface area contributed by atoms with E-state index in [2.05, 4.69) is 15.1 Å².